The molecular formula is C18H17Cl2N3O6S2. The van der Waals surface area contributed by atoms with Crippen molar-refractivity contribution < 1.29 is 27.0 Å². The summed E-state index contributed by atoms with van der Waals surface area (Å²) in [6.07, 6.45) is -0.480. The molecule has 0 aliphatic carbocycles. The molecule has 31 heavy (non-hydrogen) atoms. The summed E-state index contributed by atoms with van der Waals surface area (Å²) in [6, 6.07) is 7.80. The summed E-state index contributed by atoms with van der Waals surface area (Å²) in [5, 5.41) is 28.0. The normalized spacial score (nSPS) is 23.4. The van der Waals surface area contributed by atoms with Crippen molar-refractivity contribution in [2.24, 2.45) is 0 Å². The SMILES string of the molecule is CC(O)[C@@]1(O)CN(S(=O)(=O)c2ccc(C#N)cc2Cl)C[C@H]1S(=O)(=O)c1ccc(Cl)cn1. The molecule has 1 saturated heterocycles. The molecule has 3 atom stereocenters. The van der Waals surface area contributed by atoms with E-state index in [1.165, 1.54) is 19.1 Å². The van der Waals surface area contributed by atoms with Gasteiger partial charge in [0.25, 0.3) is 0 Å². The van der Waals surface area contributed by atoms with Crippen molar-refractivity contribution in [3.05, 3.63) is 52.1 Å². The number of aliphatic hydroxyl groups excluding tert-OH is 1. The molecule has 2 heterocycles. The molecule has 3 rings (SSSR count). The fourth-order valence-corrected chi connectivity index (χ4v) is 7.50. The molecule has 13 heteroatoms. The minimum Gasteiger partial charge on any atom is -0.390 e. The first-order valence-corrected chi connectivity index (χ1v) is 12.5. The number of sulfonamides is 1. The van der Waals surface area contributed by atoms with Crippen LogP contribution in [-0.4, -0.2) is 66.4 Å². The maximum atomic E-state index is 13.2. The van der Waals surface area contributed by atoms with Crippen LogP contribution < -0.4 is 0 Å². The van der Waals surface area contributed by atoms with Crippen LogP contribution in [0.5, 0.6) is 0 Å². The minimum absolute atomic E-state index is 0.139. The molecule has 9 nitrogen and oxygen atoms in total. The van der Waals surface area contributed by atoms with E-state index in [-0.39, 0.29) is 20.5 Å². The largest absolute Gasteiger partial charge is 0.390 e. The Bertz CT molecular complexity index is 1260. The van der Waals surface area contributed by atoms with Gasteiger partial charge in [-0.05, 0) is 37.3 Å². The molecule has 1 aliphatic rings. The number of aromatic nitrogens is 1. The van der Waals surface area contributed by atoms with Crippen LogP contribution in [0.1, 0.15) is 12.5 Å². The lowest BCUT2D eigenvalue weighted by atomic mass is 9.97. The minimum atomic E-state index is -4.37. The number of pyridine rings is 1. The summed E-state index contributed by atoms with van der Waals surface area (Å²) in [5.74, 6) is 0. The summed E-state index contributed by atoms with van der Waals surface area (Å²) >= 11 is 11.8. The number of rotatable bonds is 5. The number of β-amino-alcohol motifs (C(OH)–C–C–N with tert-alkyl or cyclic N) is 1. The van der Waals surface area contributed by atoms with Crippen LogP contribution in [0.25, 0.3) is 0 Å². The van der Waals surface area contributed by atoms with E-state index >= 15 is 0 Å². The fourth-order valence-electron chi connectivity index (χ4n) is 3.34. The molecular weight excluding hydrogens is 489 g/mol. The third-order valence-corrected chi connectivity index (χ3v) is 9.77. The second-order valence-electron chi connectivity index (χ2n) is 7.07. The second kappa shape index (κ2) is 8.29. The number of nitrogens with zero attached hydrogens (tertiary/aromatic N) is 3. The van der Waals surface area contributed by atoms with Gasteiger partial charge in [-0.1, -0.05) is 23.2 Å². The van der Waals surface area contributed by atoms with E-state index in [9.17, 15) is 27.0 Å². The van der Waals surface area contributed by atoms with Gasteiger partial charge >= 0.3 is 0 Å². The Labute approximate surface area is 189 Å². The number of nitriles is 1. The second-order valence-corrected chi connectivity index (χ2v) is 11.9. The first-order valence-electron chi connectivity index (χ1n) is 8.79. The van der Waals surface area contributed by atoms with Crippen molar-refractivity contribution in [3.8, 4) is 6.07 Å². The lowest BCUT2D eigenvalue weighted by molar-refractivity contribution is -0.0513. The monoisotopic (exact) mass is 505 g/mol. The summed E-state index contributed by atoms with van der Waals surface area (Å²) in [4.78, 5) is 3.41. The number of aliphatic hydroxyl groups is 2. The molecule has 2 aromatic rings. The van der Waals surface area contributed by atoms with Crippen LogP contribution in [0.2, 0.25) is 10.0 Å². The Morgan fingerprint density at radius 3 is 2.45 bits per heavy atom. The summed E-state index contributed by atoms with van der Waals surface area (Å²) < 4.78 is 53.4. The van der Waals surface area contributed by atoms with Crippen molar-refractivity contribution in [2.75, 3.05) is 13.1 Å². The van der Waals surface area contributed by atoms with Gasteiger partial charge in [-0.15, -0.1) is 0 Å². The van der Waals surface area contributed by atoms with Gasteiger partial charge in [0, 0.05) is 19.3 Å². The zero-order valence-corrected chi connectivity index (χ0v) is 19.1. The Hall–Kier alpha value is -1.78. The van der Waals surface area contributed by atoms with Crippen molar-refractivity contribution >= 4 is 43.1 Å². The van der Waals surface area contributed by atoms with Gasteiger partial charge in [-0.2, -0.15) is 9.57 Å². The Morgan fingerprint density at radius 2 is 1.94 bits per heavy atom. The number of hydrogen-bond donors (Lipinski definition) is 2. The van der Waals surface area contributed by atoms with Crippen LogP contribution in [-0.2, 0) is 19.9 Å². The van der Waals surface area contributed by atoms with E-state index in [0.29, 0.717) is 0 Å². The van der Waals surface area contributed by atoms with E-state index in [1.54, 1.807) is 0 Å². The molecule has 0 bridgehead atoms. The van der Waals surface area contributed by atoms with Gasteiger partial charge in [0.2, 0.25) is 19.9 Å². The smallest absolute Gasteiger partial charge is 0.244 e. The topological polar surface area (TPSA) is 149 Å². The lowest BCUT2D eigenvalue weighted by Crippen LogP contribution is -2.53. The third kappa shape index (κ3) is 4.17. The molecule has 0 radical (unpaired) electrons. The van der Waals surface area contributed by atoms with E-state index in [2.05, 4.69) is 4.98 Å². The maximum absolute atomic E-state index is 13.2. The highest BCUT2D eigenvalue weighted by molar-refractivity contribution is 7.92. The molecule has 166 valence electrons. The summed E-state index contributed by atoms with van der Waals surface area (Å²) in [5.41, 5.74) is -2.17. The molecule has 2 N–H and O–H groups in total. The van der Waals surface area contributed by atoms with Gasteiger partial charge in [0.1, 0.15) is 15.7 Å². The van der Waals surface area contributed by atoms with E-state index in [1.807, 2.05) is 6.07 Å². The molecule has 1 fully saturated rings. The zero-order chi connectivity index (χ0) is 23.2. The number of benzene rings is 1. The number of sulfone groups is 1. The standard InChI is InChI=1S/C18H17Cl2N3O6S2/c1-11(24)18(25)10-23(31(28,29)15-4-2-12(7-21)6-14(15)20)9-16(18)30(26,27)17-5-3-13(19)8-22-17/h2-6,8,11,16,24-25H,9-10H2,1H3/t11?,16-,18+/m1/s1. The summed E-state index contributed by atoms with van der Waals surface area (Å²) in [7, 11) is -8.73. The van der Waals surface area contributed by atoms with E-state index in [0.717, 1.165) is 28.7 Å². The molecule has 1 aromatic heterocycles. The molecule has 1 aromatic carbocycles. The molecule has 1 unspecified atom stereocenters. The lowest BCUT2D eigenvalue weighted by Gasteiger charge is -2.31. The Kier molecular flexibility index (Phi) is 6.38. The molecule has 1 aliphatic heterocycles. The molecule has 0 saturated carbocycles. The fraction of sp³-hybridized carbons (Fsp3) is 0.333. The summed E-state index contributed by atoms with van der Waals surface area (Å²) in [6.45, 7) is -0.170. The van der Waals surface area contributed by atoms with Gasteiger partial charge in [0.15, 0.2) is 5.03 Å². The highest BCUT2D eigenvalue weighted by Crippen LogP contribution is 2.37. The predicted octanol–water partition coefficient (Wildman–Crippen LogP) is 1.22. The highest BCUT2D eigenvalue weighted by Gasteiger charge is 2.58. The molecule has 0 amide bonds. The van der Waals surface area contributed by atoms with Crippen molar-refractivity contribution in [2.45, 2.75) is 33.8 Å². The van der Waals surface area contributed by atoms with Crippen LogP contribution in [0.3, 0.4) is 0 Å². The molecule has 0 spiro atoms. The van der Waals surface area contributed by atoms with Gasteiger partial charge in [-0.3, -0.25) is 0 Å². The van der Waals surface area contributed by atoms with Crippen LogP contribution in [0, 0.1) is 11.3 Å². The van der Waals surface area contributed by atoms with Gasteiger partial charge < -0.3 is 10.2 Å². The zero-order valence-electron chi connectivity index (χ0n) is 16.0. The predicted molar refractivity (Wildman–Crippen MR) is 112 cm³/mol. The van der Waals surface area contributed by atoms with Gasteiger partial charge in [0.05, 0.1) is 27.8 Å². The van der Waals surface area contributed by atoms with Crippen molar-refractivity contribution in [1.29, 1.82) is 5.26 Å². The van der Waals surface area contributed by atoms with Crippen molar-refractivity contribution in [3.63, 3.8) is 0 Å². The van der Waals surface area contributed by atoms with E-state index < -0.39 is 54.9 Å². The number of hydrogen-bond acceptors (Lipinski definition) is 8. The van der Waals surface area contributed by atoms with Crippen LogP contribution >= 0.6 is 23.2 Å². The highest BCUT2D eigenvalue weighted by atomic mass is 35.5. The van der Waals surface area contributed by atoms with Crippen LogP contribution in [0.15, 0.2) is 46.5 Å². The van der Waals surface area contributed by atoms with Crippen LogP contribution in [0.4, 0.5) is 0 Å². The third-order valence-electron chi connectivity index (χ3n) is 5.13. The number of halogens is 2. The average molecular weight is 506 g/mol. The quantitative estimate of drug-likeness (QED) is 0.615. The Balaban J connectivity index is 2.06. The maximum Gasteiger partial charge on any atom is 0.244 e. The average Bonchev–Trinajstić information content (AvgIpc) is 3.08. The van der Waals surface area contributed by atoms with E-state index in [4.69, 9.17) is 28.5 Å². The first kappa shape index (κ1) is 23.9. The Morgan fingerprint density at radius 1 is 1.26 bits per heavy atom. The first-order chi connectivity index (χ1) is 14.3. The van der Waals surface area contributed by atoms with Gasteiger partial charge in [-0.25, -0.2) is 21.8 Å². The van der Waals surface area contributed by atoms with Crippen molar-refractivity contribution in [1.82, 2.24) is 9.29 Å².